The van der Waals surface area contributed by atoms with Gasteiger partial charge in [0.25, 0.3) is 5.91 Å². The van der Waals surface area contributed by atoms with Crippen molar-refractivity contribution in [3.05, 3.63) is 65.7 Å². The first-order valence-corrected chi connectivity index (χ1v) is 8.51. The number of amides is 1. The van der Waals surface area contributed by atoms with Gasteiger partial charge in [-0.25, -0.2) is 4.39 Å². The van der Waals surface area contributed by atoms with Crippen LogP contribution in [0.1, 0.15) is 57.3 Å². The Bertz CT molecular complexity index is 661. The van der Waals surface area contributed by atoms with E-state index in [0.717, 1.165) is 19.3 Å². The summed E-state index contributed by atoms with van der Waals surface area (Å²) >= 11 is 0. The number of carbonyl (C=O) groups excluding carboxylic acids is 1. The number of rotatable bonds is 7. The van der Waals surface area contributed by atoms with Crippen molar-refractivity contribution in [3.8, 4) is 0 Å². The lowest BCUT2D eigenvalue weighted by Gasteiger charge is -2.17. The van der Waals surface area contributed by atoms with Crippen LogP contribution in [0, 0.1) is 11.2 Å². The van der Waals surface area contributed by atoms with Crippen LogP contribution in [0.4, 0.5) is 10.1 Å². The summed E-state index contributed by atoms with van der Waals surface area (Å²) < 4.78 is 13.8. The van der Waals surface area contributed by atoms with Crippen molar-refractivity contribution in [2.75, 3.05) is 5.73 Å². The molecule has 1 amide bonds. The zero-order valence-electron chi connectivity index (χ0n) is 15.7. The van der Waals surface area contributed by atoms with Crippen molar-refractivity contribution >= 4 is 11.6 Å². The Morgan fingerprint density at radius 2 is 2.00 bits per heavy atom. The topological polar surface area (TPSA) is 55.1 Å². The van der Waals surface area contributed by atoms with Crippen LogP contribution in [-0.4, -0.2) is 5.91 Å². The Hall–Kier alpha value is -2.36. The molecule has 0 atom stereocenters. The van der Waals surface area contributed by atoms with Crippen LogP contribution in [-0.2, 0) is 0 Å². The standard InChI is InChI=1S/C21H29FN2O/c1-6-16(9-8-14-21(3,4)5)13-12-15(2)24-20(25)19-17(22)10-7-11-18(19)23/h6-7,10-13H,2,8-9,14,23H2,1,3-5H3,(H,24,25)/b13-12-,16-6-. The number of allylic oxidation sites excluding steroid dienone is 4. The predicted octanol–water partition coefficient (Wildman–Crippen LogP) is 5.37. The van der Waals surface area contributed by atoms with Crippen LogP contribution in [0.3, 0.4) is 0 Å². The van der Waals surface area contributed by atoms with Gasteiger partial charge < -0.3 is 11.1 Å². The monoisotopic (exact) mass is 344 g/mol. The summed E-state index contributed by atoms with van der Waals surface area (Å²) in [4.78, 5) is 12.2. The van der Waals surface area contributed by atoms with Crippen LogP contribution in [0.15, 0.2) is 54.3 Å². The summed E-state index contributed by atoms with van der Waals surface area (Å²) in [7, 11) is 0. The van der Waals surface area contributed by atoms with Crippen molar-refractivity contribution in [2.24, 2.45) is 5.41 Å². The number of halogens is 1. The highest BCUT2D eigenvalue weighted by Crippen LogP contribution is 2.23. The average Bonchev–Trinajstić information content (AvgIpc) is 2.49. The fraction of sp³-hybridized carbons (Fsp3) is 0.381. The number of nitrogens with one attached hydrogen (secondary N) is 1. The second-order valence-electron chi connectivity index (χ2n) is 7.29. The zero-order chi connectivity index (χ0) is 19.0. The molecule has 136 valence electrons. The molecule has 0 radical (unpaired) electrons. The Labute approximate surface area is 150 Å². The van der Waals surface area contributed by atoms with Gasteiger partial charge in [-0.05, 0) is 49.8 Å². The number of hydrogen-bond donors (Lipinski definition) is 2. The van der Waals surface area contributed by atoms with E-state index in [1.54, 1.807) is 6.08 Å². The number of benzene rings is 1. The molecule has 4 heteroatoms. The Kier molecular flexibility index (Phi) is 7.62. The minimum absolute atomic E-state index is 0.102. The molecule has 0 unspecified atom stereocenters. The maximum absolute atomic E-state index is 13.8. The third kappa shape index (κ3) is 7.38. The molecule has 0 bridgehead atoms. The molecule has 3 N–H and O–H groups in total. The predicted molar refractivity (Wildman–Crippen MR) is 104 cm³/mol. The molecule has 0 aliphatic carbocycles. The fourth-order valence-corrected chi connectivity index (χ4v) is 2.38. The highest BCUT2D eigenvalue weighted by atomic mass is 19.1. The van der Waals surface area contributed by atoms with Crippen LogP contribution in [0.25, 0.3) is 0 Å². The van der Waals surface area contributed by atoms with E-state index in [-0.39, 0.29) is 11.3 Å². The van der Waals surface area contributed by atoms with E-state index in [4.69, 9.17) is 5.73 Å². The minimum Gasteiger partial charge on any atom is -0.398 e. The van der Waals surface area contributed by atoms with Crippen molar-refractivity contribution in [2.45, 2.75) is 47.0 Å². The van der Waals surface area contributed by atoms with Crippen molar-refractivity contribution in [3.63, 3.8) is 0 Å². The molecule has 0 spiro atoms. The molecule has 1 aromatic rings. The third-order valence-corrected chi connectivity index (χ3v) is 3.81. The molecule has 0 heterocycles. The Balaban J connectivity index is 2.62. The molecule has 1 aromatic carbocycles. The maximum atomic E-state index is 13.8. The molecule has 0 saturated carbocycles. The van der Waals surface area contributed by atoms with Gasteiger partial charge in [0.2, 0.25) is 0 Å². The van der Waals surface area contributed by atoms with Gasteiger partial charge in [-0.15, -0.1) is 0 Å². The van der Waals surface area contributed by atoms with Gasteiger partial charge in [0, 0.05) is 11.4 Å². The smallest absolute Gasteiger partial charge is 0.260 e. The van der Waals surface area contributed by atoms with E-state index in [2.05, 4.69) is 32.7 Å². The van der Waals surface area contributed by atoms with Crippen molar-refractivity contribution in [1.82, 2.24) is 5.32 Å². The molecule has 0 aliphatic rings. The van der Waals surface area contributed by atoms with Crippen LogP contribution < -0.4 is 11.1 Å². The molecule has 0 aliphatic heterocycles. The summed E-state index contributed by atoms with van der Waals surface area (Å²) in [5.74, 6) is -1.24. The fourth-order valence-electron chi connectivity index (χ4n) is 2.38. The van der Waals surface area contributed by atoms with Crippen LogP contribution >= 0.6 is 0 Å². The second kappa shape index (κ2) is 9.21. The Morgan fingerprint density at radius 3 is 2.56 bits per heavy atom. The number of hydrogen-bond acceptors (Lipinski definition) is 2. The van der Waals surface area contributed by atoms with Gasteiger partial charge in [0.15, 0.2) is 0 Å². The number of nitrogen functional groups attached to an aromatic ring is 1. The summed E-state index contributed by atoms with van der Waals surface area (Å²) in [5, 5.41) is 2.57. The van der Waals surface area contributed by atoms with Gasteiger partial charge in [0.1, 0.15) is 5.82 Å². The number of nitrogens with two attached hydrogens (primary N) is 1. The van der Waals surface area contributed by atoms with E-state index in [0.29, 0.717) is 11.1 Å². The second-order valence-corrected chi connectivity index (χ2v) is 7.29. The van der Waals surface area contributed by atoms with Crippen molar-refractivity contribution < 1.29 is 9.18 Å². The highest BCUT2D eigenvalue weighted by molar-refractivity contribution is 6.00. The normalized spacial score (nSPS) is 12.4. The van der Waals surface area contributed by atoms with E-state index in [1.807, 2.05) is 19.1 Å². The lowest BCUT2D eigenvalue weighted by Crippen LogP contribution is -2.23. The average molecular weight is 344 g/mol. The van der Waals surface area contributed by atoms with Gasteiger partial charge in [-0.1, -0.05) is 51.1 Å². The number of carbonyl (C=O) groups is 1. The molecule has 25 heavy (non-hydrogen) atoms. The first-order chi connectivity index (χ1) is 11.6. The van der Waals surface area contributed by atoms with Gasteiger partial charge in [0.05, 0.1) is 5.56 Å². The first kappa shape index (κ1) is 20.7. The summed E-state index contributed by atoms with van der Waals surface area (Å²) in [6.45, 7) is 12.5. The minimum atomic E-state index is -0.648. The van der Waals surface area contributed by atoms with Gasteiger partial charge in [-0.3, -0.25) is 4.79 Å². The van der Waals surface area contributed by atoms with Gasteiger partial charge in [-0.2, -0.15) is 0 Å². The SMILES string of the molecule is C=C(/C=C\C(=C/C)CCCC(C)(C)C)NC(=O)c1c(N)cccc1F. The molecule has 0 fully saturated rings. The van der Waals surface area contributed by atoms with E-state index < -0.39 is 11.7 Å². The molecular formula is C21H29FN2O. The molecule has 1 rings (SSSR count). The number of anilines is 1. The maximum Gasteiger partial charge on any atom is 0.260 e. The van der Waals surface area contributed by atoms with E-state index in [9.17, 15) is 9.18 Å². The molecule has 0 saturated heterocycles. The third-order valence-electron chi connectivity index (χ3n) is 3.81. The summed E-state index contributed by atoms with van der Waals surface area (Å²) in [6, 6.07) is 4.16. The van der Waals surface area contributed by atoms with E-state index >= 15 is 0 Å². The van der Waals surface area contributed by atoms with Crippen molar-refractivity contribution in [1.29, 1.82) is 0 Å². The molecule has 0 aromatic heterocycles. The van der Waals surface area contributed by atoms with Gasteiger partial charge >= 0.3 is 0 Å². The molecular weight excluding hydrogens is 315 g/mol. The quantitative estimate of drug-likeness (QED) is 0.516. The van der Waals surface area contributed by atoms with Crippen LogP contribution in [0.2, 0.25) is 0 Å². The zero-order valence-corrected chi connectivity index (χ0v) is 15.7. The Morgan fingerprint density at radius 1 is 1.32 bits per heavy atom. The lowest BCUT2D eigenvalue weighted by molar-refractivity contribution is 0.0964. The largest absolute Gasteiger partial charge is 0.398 e. The lowest BCUT2D eigenvalue weighted by atomic mass is 9.89. The summed E-state index contributed by atoms with van der Waals surface area (Å²) in [6.07, 6.45) is 8.90. The highest BCUT2D eigenvalue weighted by Gasteiger charge is 2.15. The van der Waals surface area contributed by atoms with E-state index in [1.165, 1.54) is 23.8 Å². The molecule has 3 nitrogen and oxygen atoms in total. The summed E-state index contributed by atoms with van der Waals surface area (Å²) in [5.41, 5.74) is 7.50. The van der Waals surface area contributed by atoms with Crippen LogP contribution in [0.5, 0.6) is 0 Å². The first-order valence-electron chi connectivity index (χ1n) is 8.51.